The lowest BCUT2D eigenvalue weighted by atomic mass is 10.3. The van der Waals surface area contributed by atoms with Crippen LogP contribution in [-0.4, -0.2) is 16.2 Å². The van der Waals surface area contributed by atoms with Crippen molar-refractivity contribution < 1.29 is 4.74 Å². The van der Waals surface area contributed by atoms with Crippen molar-refractivity contribution in [1.82, 2.24) is 9.55 Å². The molecule has 0 spiro atoms. The van der Waals surface area contributed by atoms with Crippen LogP contribution in [0.2, 0.25) is 0 Å². The highest BCUT2D eigenvalue weighted by atomic mass is 16.5. The third kappa shape index (κ3) is 3.11. The van der Waals surface area contributed by atoms with Gasteiger partial charge in [-0.25, -0.2) is 4.98 Å². The maximum Gasteiger partial charge on any atom is 0.176 e. The molecule has 5 nitrogen and oxygen atoms in total. The van der Waals surface area contributed by atoms with E-state index in [0.29, 0.717) is 18.8 Å². The maximum atomic E-state index is 8.96. The summed E-state index contributed by atoms with van der Waals surface area (Å²) in [5.41, 5.74) is 0.480. The molecular formula is C14H12N4O. The summed E-state index contributed by atoms with van der Waals surface area (Å²) < 4.78 is 7.23. The Balaban J connectivity index is 1.85. The summed E-state index contributed by atoms with van der Waals surface area (Å²) in [6, 6.07) is 13.4. The Labute approximate surface area is 111 Å². The zero-order chi connectivity index (χ0) is 13.5. The molecule has 94 valence electrons. The van der Waals surface area contributed by atoms with E-state index in [4.69, 9.17) is 15.3 Å². The van der Waals surface area contributed by atoms with Crippen LogP contribution in [0.15, 0.2) is 36.7 Å². The molecule has 0 N–H and O–H groups in total. The summed E-state index contributed by atoms with van der Waals surface area (Å²) in [7, 11) is 0. The Morgan fingerprint density at radius 3 is 2.63 bits per heavy atom. The quantitative estimate of drug-likeness (QED) is 0.764. The molecule has 0 aliphatic heterocycles. The van der Waals surface area contributed by atoms with Gasteiger partial charge in [0, 0.05) is 6.54 Å². The van der Waals surface area contributed by atoms with Crippen LogP contribution in [0, 0.1) is 22.7 Å². The number of imidazole rings is 1. The van der Waals surface area contributed by atoms with E-state index in [2.05, 4.69) is 4.98 Å². The molecule has 2 aromatic rings. The summed E-state index contributed by atoms with van der Waals surface area (Å²) in [5.74, 6) is 0.825. The molecule has 0 amide bonds. The number of aromatic nitrogens is 2. The molecule has 0 unspecified atom stereocenters. The fourth-order valence-corrected chi connectivity index (χ4v) is 1.69. The van der Waals surface area contributed by atoms with Crippen molar-refractivity contribution in [2.24, 2.45) is 0 Å². The third-order valence-electron chi connectivity index (χ3n) is 2.60. The number of nitrogens with zero attached hydrogens (tertiary/aromatic N) is 4. The molecule has 1 aromatic heterocycles. The molecule has 0 bridgehead atoms. The van der Waals surface area contributed by atoms with Gasteiger partial charge in [-0.3, -0.25) is 0 Å². The highest BCUT2D eigenvalue weighted by Gasteiger charge is 2.09. The number of benzene rings is 1. The van der Waals surface area contributed by atoms with Gasteiger partial charge in [-0.15, -0.1) is 0 Å². The SMILES string of the molecule is N#Cc1ncn(CCCOc2ccccc2)c1C#N. The number of hydrogen-bond acceptors (Lipinski definition) is 4. The highest BCUT2D eigenvalue weighted by Crippen LogP contribution is 2.09. The number of nitriles is 2. The predicted molar refractivity (Wildman–Crippen MR) is 68.2 cm³/mol. The van der Waals surface area contributed by atoms with Crippen LogP contribution in [0.25, 0.3) is 0 Å². The van der Waals surface area contributed by atoms with Crippen molar-refractivity contribution >= 4 is 0 Å². The fourth-order valence-electron chi connectivity index (χ4n) is 1.69. The number of para-hydroxylation sites is 1. The van der Waals surface area contributed by atoms with Gasteiger partial charge in [0.15, 0.2) is 11.4 Å². The van der Waals surface area contributed by atoms with Crippen molar-refractivity contribution in [3.05, 3.63) is 48.0 Å². The molecule has 1 aromatic carbocycles. The van der Waals surface area contributed by atoms with Gasteiger partial charge < -0.3 is 9.30 Å². The minimum atomic E-state index is 0.173. The van der Waals surface area contributed by atoms with Crippen molar-refractivity contribution in [3.8, 4) is 17.9 Å². The van der Waals surface area contributed by atoms with E-state index in [0.717, 1.165) is 12.2 Å². The lowest BCUT2D eigenvalue weighted by Crippen LogP contribution is -2.05. The van der Waals surface area contributed by atoms with Crippen LogP contribution in [0.1, 0.15) is 17.8 Å². The Morgan fingerprint density at radius 2 is 1.95 bits per heavy atom. The standard InChI is InChI=1S/C14H12N4O/c15-9-13-14(10-16)18(11-17-13)7-4-8-19-12-5-2-1-3-6-12/h1-3,5-6,11H,4,7-8H2. The van der Waals surface area contributed by atoms with Crippen molar-refractivity contribution in [3.63, 3.8) is 0 Å². The van der Waals surface area contributed by atoms with Crippen LogP contribution >= 0.6 is 0 Å². The van der Waals surface area contributed by atoms with Gasteiger partial charge in [0.05, 0.1) is 12.9 Å². The minimum Gasteiger partial charge on any atom is -0.494 e. The molecular weight excluding hydrogens is 240 g/mol. The maximum absolute atomic E-state index is 8.96. The van der Waals surface area contributed by atoms with E-state index >= 15 is 0 Å². The fraction of sp³-hybridized carbons (Fsp3) is 0.214. The molecule has 0 aliphatic carbocycles. The second kappa shape index (κ2) is 6.23. The van der Waals surface area contributed by atoms with Crippen molar-refractivity contribution in [1.29, 1.82) is 10.5 Å². The second-order valence-corrected chi connectivity index (χ2v) is 3.87. The Morgan fingerprint density at radius 1 is 1.16 bits per heavy atom. The van der Waals surface area contributed by atoms with Crippen LogP contribution in [0.3, 0.4) is 0 Å². The topological polar surface area (TPSA) is 74.6 Å². The molecule has 2 rings (SSSR count). The largest absolute Gasteiger partial charge is 0.494 e. The molecule has 1 heterocycles. The Kier molecular flexibility index (Phi) is 4.15. The second-order valence-electron chi connectivity index (χ2n) is 3.87. The average Bonchev–Trinajstić information content (AvgIpc) is 2.86. The highest BCUT2D eigenvalue weighted by molar-refractivity contribution is 5.35. The number of rotatable bonds is 5. The summed E-state index contributed by atoms with van der Waals surface area (Å²) in [4.78, 5) is 3.88. The summed E-state index contributed by atoms with van der Waals surface area (Å²) >= 11 is 0. The molecule has 0 saturated heterocycles. The molecule has 0 radical (unpaired) electrons. The van der Waals surface area contributed by atoms with E-state index in [1.54, 1.807) is 4.57 Å². The van der Waals surface area contributed by atoms with Crippen molar-refractivity contribution in [2.75, 3.05) is 6.61 Å². The van der Waals surface area contributed by atoms with Gasteiger partial charge in [0.25, 0.3) is 0 Å². The van der Waals surface area contributed by atoms with Crippen LogP contribution in [0.4, 0.5) is 0 Å². The molecule has 19 heavy (non-hydrogen) atoms. The lowest BCUT2D eigenvalue weighted by molar-refractivity contribution is 0.301. The first-order valence-electron chi connectivity index (χ1n) is 5.88. The van der Waals surface area contributed by atoms with E-state index < -0.39 is 0 Å². The zero-order valence-corrected chi connectivity index (χ0v) is 10.3. The molecule has 0 aliphatic rings. The zero-order valence-electron chi connectivity index (χ0n) is 10.3. The van der Waals surface area contributed by atoms with Crippen LogP contribution in [0.5, 0.6) is 5.75 Å². The first-order valence-corrected chi connectivity index (χ1v) is 5.88. The van der Waals surface area contributed by atoms with E-state index in [1.807, 2.05) is 42.5 Å². The normalized spacial score (nSPS) is 9.58. The van der Waals surface area contributed by atoms with Gasteiger partial charge in [-0.1, -0.05) is 18.2 Å². The van der Waals surface area contributed by atoms with Gasteiger partial charge in [-0.2, -0.15) is 10.5 Å². The van der Waals surface area contributed by atoms with Crippen molar-refractivity contribution in [2.45, 2.75) is 13.0 Å². The first kappa shape index (κ1) is 12.7. The van der Waals surface area contributed by atoms with E-state index in [1.165, 1.54) is 6.33 Å². The molecule has 0 fully saturated rings. The van der Waals surface area contributed by atoms with E-state index in [9.17, 15) is 0 Å². The van der Waals surface area contributed by atoms with Gasteiger partial charge >= 0.3 is 0 Å². The van der Waals surface area contributed by atoms with Crippen LogP contribution < -0.4 is 4.74 Å². The molecule has 5 heteroatoms. The van der Waals surface area contributed by atoms with Crippen LogP contribution in [-0.2, 0) is 6.54 Å². The molecule has 0 atom stereocenters. The number of hydrogen-bond donors (Lipinski definition) is 0. The summed E-state index contributed by atoms with van der Waals surface area (Å²) in [6.45, 7) is 1.15. The van der Waals surface area contributed by atoms with E-state index in [-0.39, 0.29) is 5.69 Å². The van der Waals surface area contributed by atoms with Gasteiger partial charge in [0.1, 0.15) is 17.9 Å². The Hall–Kier alpha value is -2.79. The summed E-state index contributed by atoms with van der Waals surface area (Å²) in [5, 5.41) is 17.7. The van der Waals surface area contributed by atoms with Gasteiger partial charge in [0.2, 0.25) is 0 Å². The Bertz CT molecular complexity index is 619. The summed E-state index contributed by atoms with van der Waals surface area (Å²) in [6.07, 6.45) is 2.25. The molecule has 0 saturated carbocycles. The number of aryl methyl sites for hydroxylation is 1. The van der Waals surface area contributed by atoms with Gasteiger partial charge in [-0.05, 0) is 18.6 Å². The lowest BCUT2D eigenvalue weighted by Gasteiger charge is -2.06. The number of ether oxygens (including phenoxy) is 1. The third-order valence-corrected chi connectivity index (χ3v) is 2.60. The first-order chi connectivity index (χ1) is 9.35. The predicted octanol–water partition coefficient (Wildman–Crippen LogP) is 2.10. The smallest absolute Gasteiger partial charge is 0.176 e. The minimum absolute atomic E-state index is 0.173. The average molecular weight is 252 g/mol. The monoisotopic (exact) mass is 252 g/mol.